The summed E-state index contributed by atoms with van der Waals surface area (Å²) in [7, 11) is 0.996. The molecule has 30 heavy (non-hydrogen) atoms. The van der Waals surface area contributed by atoms with Crippen LogP contribution < -0.4 is 10.6 Å². The lowest BCUT2D eigenvalue weighted by Crippen LogP contribution is -2.36. The minimum absolute atomic E-state index is 0.220. The van der Waals surface area contributed by atoms with Gasteiger partial charge in [-0.25, -0.2) is 28.5 Å². The maximum atomic E-state index is 12.5. The summed E-state index contributed by atoms with van der Waals surface area (Å²) in [6, 6.07) is 2.08. The van der Waals surface area contributed by atoms with Gasteiger partial charge in [0, 0.05) is 49.2 Å². The van der Waals surface area contributed by atoms with Crippen LogP contribution >= 0.6 is 11.3 Å². The van der Waals surface area contributed by atoms with Crippen LogP contribution in [0.1, 0.15) is 17.7 Å². The van der Waals surface area contributed by atoms with Gasteiger partial charge in [0.05, 0.1) is 40.0 Å². The van der Waals surface area contributed by atoms with Gasteiger partial charge in [-0.3, -0.25) is 0 Å². The Bertz CT molecular complexity index is 1080. The summed E-state index contributed by atoms with van der Waals surface area (Å²) in [5.41, 5.74) is 7.23. The number of hydrogen-bond donors (Lipinski definition) is 1. The first-order valence-corrected chi connectivity index (χ1v) is 11.9. The summed E-state index contributed by atoms with van der Waals surface area (Å²) in [5, 5.41) is 0.324. The van der Waals surface area contributed by atoms with Crippen molar-refractivity contribution in [2.75, 3.05) is 44.0 Å². The number of anilines is 2. The lowest BCUT2D eigenvalue weighted by Gasteiger charge is -2.28. The minimum Gasteiger partial charge on any atom is -0.378 e. The van der Waals surface area contributed by atoms with Crippen LogP contribution in [0.2, 0.25) is 0 Å². The van der Waals surface area contributed by atoms with Crippen molar-refractivity contribution >= 4 is 44.3 Å². The van der Waals surface area contributed by atoms with Gasteiger partial charge in [0.2, 0.25) is 5.95 Å². The highest BCUT2D eigenvalue weighted by atomic mass is 32.2. The topological polar surface area (TPSA) is 110 Å². The molecule has 3 aromatic rings. The Kier molecular flexibility index (Phi) is 5.35. The van der Waals surface area contributed by atoms with Gasteiger partial charge in [-0.15, -0.1) is 11.3 Å². The zero-order chi connectivity index (χ0) is 20.7. The average molecular weight is 446 g/mol. The van der Waals surface area contributed by atoms with Gasteiger partial charge in [-0.05, 0) is 18.9 Å². The van der Waals surface area contributed by atoms with E-state index in [2.05, 4.69) is 20.9 Å². The summed E-state index contributed by atoms with van der Waals surface area (Å²) in [4.78, 5) is 21.2. The number of ether oxygens (including phenoxy) is 1. The van der Waals surface area contributed by atoms with Crippen LogP contribution in [0.4, 0.5) is 11.8 Å². The molecule has 1 saturated carbocycles. The standard InChI is InChI=1S/C19H23N7O2S2/c1-25(30(27)14-2-3-14)11-13-8-15-16(29-13)18(26-4-6-28-7-5-26)24-17(23-15)12-9-21-19(20)22-10-12/h8-10,14H,2-7,11H2,1H3,(H2,20,21,22). The van der Waals surface area contributed by atoms with Crippen molar-refractivity contribution in [3.8, 4) is 11.4 Å². The van der Waals surface area contributed by atoms with Crippen LogP contribution in [0, 0.1) is 0 Å². The van der Waals surface area contributed by atoms with E-state index < -0.39 is 11.0 Å². The van der Waals surface area contributed by atoms with Crippen LogP contribution in [0.15, 0.2) is 18.5 Å². The number of morpholine rings is 1. The van der Waals surface area contributed by atoms with E-state index in [1.165, 1.54) is 0 Å². The minimum atomic E-state index is -0.925. The van der Waals surface area contributed by atoms with Crippen LogP contribution in [0.3, 0.4) is 0 Å². The molecule has 5 rings (SSSR count). The number of nitrogens with two attached hydrogens (primary N) is 1. The number of nitrogens with zero attached hydrogens (tertiary/aromatic N) is 6. The zero-order valence-electron chi connectivity index (χ0n) is 16.7. The summed E-state index contributed by atoms with van der Waals surface area (Å²) >= 11 is 1.67. The third-order valence-electron chi connectivity index (χ3n) is 5.14. The predicted molar refractivity (Wildman–Crippen MR) is 119 cm³/mol. The molecular weight excluding hydrogens is 422 g/mol. The molecule has 1 aliphatic heterocycles. The fourth-order valence-corrected chi connectivity index (χ4v) is 5.98. The molecule has 1 aliphatic carbocycles. The first-order chi connectivity index (χ1) is 14.6. The number of fused-ring (bicyclic) bond motifs is 1. The van der Waals surface area contributed by atoms with Gasteiger partial charge < -0.3 is 15.4 Å². The van der Waals surface area contributed by atoms with Crippen molar-refractivity contribution < 1.29 is 8.95 Å². The summed E-state index contributed by atoms with van der Waals surface area (Å²) in [6.07, 6.45) is 5.41. The van der Waals surface area contributed by atoms with Crippen molar-refractivity contribution in [1.82, 2.24) is 24.2 Å². The zero-order valence-corrected chi connectivity index (χ0v) is 18.3. The predicted octanol–water partition coefficient (Wildman–Crippen LogP) is 1.82. The fraction of sp³-hybridized carbons (Fsp3) is 0.474. The SMILES string of the molecule is CN(Cc1cc2nc(-c3cnc(N)nc3)nc(N3CCOCC3)c2s1)S(=O)C1CC1. The molecule has 2 N–H and O–H groups in total. The molecule has 0 aromatic carbocycles. The highest BCUT2D eigenvalue weighted by Gasteiger charge is 2.31. The summed E-state index contributed by atoms with van der Waals surface area (Å²) in [6.45, 7) is 3.54. The fourth-order valence-electron chi connectivity index (χ4n) is 3.42. The third kappa shape index (κ3) is 4.02. The van der Waals surface area contributed by atoms with E-state index in [9.17, 15) is 4.21 Å². The second-order valence-electron chi connectivity index (χ2n) is 7.49. The second kappa shape index (κ2) is 8.14. The van der Waals surface area contributed by atoms with E-state index in [0.717, 1.165) is 52.4 Å². The molecule has 3 aromatic heterocycles. The molecule has 11 heteroatoms. The maximum Gasteiger partial charge on any atom is 0.219 e. The molecular formula is C19H23N7O2S2. The van der Waals surface area contributed by atoms with E-state index >= 15 is 0 Å². The van der Waals surface area contributed by atoms with Crippen molar-refractivity contribution in [2.24, 2.45) is 0 Å². The van der Waals surface area contributed by atoms with E-state index in [-0.39, 0.29) is 5.95 Å². The normalized spacial score (nSPS) is 18.3. The molecule has 0 radical (unpaired) electrons. The van der Waals surface area contributed by atoms with E-state index in [1.807, 2.05) is 11.4 Å². The molecule has 2 aliphatic rings. The lowest BCUT2D eigenvalue weighted by molar-refractivity contribution is 0.122. The third-order valence-corrected chi connectivity index (χ3v) is 8.03. The molecule has 2 fully saturated rings. The smallest absolute Gasteiger partial charge is 0.219 e. The Balaban J connectivity index is 1.53. The lowest BCUT2D eigenvalue weighted by atomic mass is 10.3. The second-order valence-corrected chi connectivity index (χ2v) is 10.5. The number of nitrogen functional groups attached to an aromatic ring is 1. The van der Waals surface area contributed by atoms with Gasteiger partial charge in [0.1, 0.15) is 0 Å². The Morgan fingerprint density at radius 2 is 2.00 bits per heavy atom. The molecule has 0 amide bonds. The Labute approximate surface area is 180 Å². The van der Waals surface area contributed by atoms with Crippen molar-refractivity contribution in [3.05, 3.63) is 23.3 Å². The van der Waals surface area contributed by atoms with E-state index in [1.54, 1.807) is 23.7 Å². The van der Waals surface area contributed by atoms with Crippen LogP contribution in [0.5, 0.6) is 0 Å². The van der Waals surface area contributed by atoms with Gasteiger partial charge >= 0.3 is 0 Å². The van der Waals surface area contributed by atoms with Crippen LogP contribution in [-0.2, 0) is 22.3 Å². The Morgan fingerprint density at radius 1 is 1.27 bits per heavy atom. The maximum absolute atomic E-state index is 12.5. The number of hydrogen-bond acceptors (Lipinski definition) is 9. The molecule has 1 saturated heterocycles. The summed E-state index contributed by atoms with van der Waals surface area (Å²) in [5.74, 6) is 1.69. The molecule has 158 valence electrons. The number of rotatable bonds is 6. The highest BCUT2D eigenvalue weighted by molar-refractivity contribution is 7.83. The quantitative estimate of drug-likeness (QED) is 0.612. The van der Waals surface area contributed by atoms with E-state index in [0.29, 0.717) is 30.8 Å². The van der Waals surface area contributed by atoms with Gasteiger partial charge in [-0.2, -0.15) is 0 Å². The van der Waals surface area contributed by atoms with Gasteiger partial charge in [-0.1, -0.05) is 0 Å². The Hall–Kier alpha value is -2.21. The first-order valence-electron chi connectivity index (χ1n) is 9.91. The molecule has 1 unspecified atom stereocenters. The monoisotopic (exact) mass is 445 g/mol. The van der Waals surface area contributed by atoms with Crippen molar-refractivity contribution in [1.29, 1.82) is 0 Å². The Morgan fingerprint density at radius 3 is 2.70 bits per heavy atom. The molecule has 0 spiro atoms. The molecule has 4 heterocycles. The van der Waals surface area contributed by atoms with Gasteiger partial charge in [0.25, 0.3) is 0 Å². The highest BCUT2D eigenvalue weighted by Crippen LogP contribution is 2.35. The number of aromatic nitrogens is 4. The van der Waals surface area contributed by atoms with Crippen LogP contribution in [0.25, 0.3) is 21.6 Å². The van der Waals surface area contributed by atoms with Crippen LogP contribution in [-0.4, -0.2) is 67.1 Å². The molecule has 0 bridgehead atoms. The van der Waals surface area contributed by atoms with Crippen molar-refractivity contribution in [2.45, 2.75) is 24.6 Å². The summed E-state index contributed by atoms with van der Waals surface area (Å²) < 4.78 is 21.0. The van der Waals surface area contributed by atoms with Crippen molar-refractivity contribution in [3.63, 3.8) is 0 Å². The van der Waals surface area contributed by atoms with Gasteiger partial charge in [0.15, 0.2) is 11.6 Å². The molecule has 9 nitrogen and oxygen atoms in total. The van der Waals surface area contributed by atoms with E-state index in [4.69, 9.17) is 20.4 Å². The average Bonchev–Trinajstić information content (AvgIpc) is 3.53. The first kappa shape index (κ1) is 19.7. The molecule has 1 atom stereocenters. The number of thiophene rings is 1. The largest absolute Gasteiger partial charge is 0.378 e.